The monoisotopic (exact) mass is 335 g/mol. The number of rotatable bonds is 3. The fourth-order valence-corrected chi connectivity index (χ4v) is 3.46. The van der Waals surface area contributed by atoms with Crippen LogP contribution in [0.25, 0.3) is 0 Å². The Bertz CT molecular complexity index is 456. The van der Waals surface area contributed by atoms with E-state index in [0.29, 0.717) is 32.4 Å². The second kappa shape index (κ2) is 7.07. The van der Waals surface area contributed by atoms with E-state index >= 15 is 0 Å². The van der Waals surface area contributed by atoms with Crippen LogP contribution in [0.1, 0.15) is 32.6 Å². The molecule has 2 aliphatic rings. The first-order valence-corrected chi connectivity index (χ1v) is 8.09. The molecule has 0 aromatic carbocycles. The summed E-state index contributed by atoms with van der Waals surface area (Å²) in [7, 11) is 0. The lowest BCUT2D eigenvalue weighted by atomic mass is 9.95. The molecule has 2 amide bonds. The Labute approximate surface area is 134 Å². The minimum absolute atomic E-state index is 0.119. The van der Waals surface area contributed by atoms with Crippen molar-refractivity contribution in [2.24, 2.45) is 17.6 Å². The SMILES string of the molecule is C[C@H](C(=O)N1CCC[C@@H](C(N)=O)C1)N1CCC[C@@H](C(F)(F)F)C1. The number of hydrogen-bond donors (Lipinski definition) is 1. The summed E-state index contributed by atoms with van der Waals surface area (Å²) in [5, 5.41) is 0. The van der Waals surface area contributed by atoms with Crippen molar-refractivity contribution in [1.82, 2.24) is 9.80 Å². The molecule has 2 N–H and O–H groups in total. The van der Waals surface area contributed by atoms with Gasteiger partial charge >= 0.3 is 6.18 Å². The maximum atomic E-state index is 12.9. The highest BCUT2D eigenvalue weighted by molar-refractivity contribution is 5.83. The molecule has 3 atom stereocenters. The molecule has 5 nitrogen and oxygen atoms in total. The Kier molecular flexibility index (Phi) is 5.54. The van der Waals surface area contributed by atoms with Crippen molar-refractivity contribution in [3.63, 3.8) is 0 Å². The molecule has 0 saturated carbocycles. The lowest BCUT2D eigenvalue weighted by Crippen LogP contribution is -2.54. The molecule has 0 bridgehead atoms. The standard InChI is InChI=1S/C15H24F3N3O2/c1-10(20-6-3-5-12(9-20)15(16,17)18)14(23)21-7-2-4-11(8-21)13(19)22/h10-12H,2-9H2,1H3,(H2,19,22)/t10-,11-,12-/m1/s1. The van der Waals surface area contributed by atoms with Crippen LogP contribution in [0.15, 0.2) is 0 Å². The molecular weight excluding hydrogens is 311 g/mol. The third-order valence-corrected chi connectivity index (χ3v) is 4.96. The van der Waals surface area contributed by atoms with Crippen molar-refractivity contribution in [2.45, 2.75) is 44.8 Å². The average molecular weight is 335 g/mol. The largest absolute Gasteiger partial charge is 0.393 e. The quantitative estimate of drug-likeness (QED) is 0.847. The van der Waals surface area contributed by atoms with Crippen LogP contribution >= 0.6 is 0 Å². The lowest BCUT2D eigenvalue weighted by molar-refractivity contribution is -0.189. The van der Waals surface area contributed by atoms with Crippen LogP contribution in [-0.4, -0.2) is 60.0 Å². The number of amides is 2. The van der Waals surface area contributed by atoms with E-state index in [1.165, 1.54) is 0 Å². The highest BCUT2D eigenvalue weighted by atomic mass is 19.4. The summed E-state index contributed by atoms with van der Waals surface area (Å²) in [6.07, 6.45) is -2.31. The first kappa shape index (κ1) is 18.0. The molecule has 0 unspecified atom stereocenters. The minimum atomic E-state index is -4.22. The third kappa shape index (κ3) is 4.37. The molecule has 2 rings (SSSR count). The molecule has 2 fully saturated rings. The predicted molar refractivity (Wildman–Crippen MR) is 78.3 cm³/mol. The molecule has 2 saturated heterocycles. The normalized spacial score (nSPS) is 28.4. The zero-order chi connectivity index (χ0) is 17.2. The van der Waals surface area contributed by atoms with E-state index in [4.69, 9.17) is 5.73 Å². The van der Waals surface area contributed by atoms with Crippen molar-refractivity contribution in [2.75, 3.05) is 26.2 Å². The summed E-state index contributed by atoms with van der Waals surface area (Å²) in [6, 6.07) is -0.605. The Hall–Kier alpha value is -1.31. The number of piperidine rings is 2. The van der Waals surface area contributed by atoms with E-state index in [2.05, 4.69) is 0 Å². The maximum absolute atomic E-state index is 12.9. The van der Waals surface area contributed by atoms with Gasteiger partial charge in [0.25, 0.3) is 0 Å². The van der Waals surface area contributed by atoms with Crippen LogP contribution < -0.4 is 5.73 Å². The number of nitrogens with zero attached hydrogens (tertiary/aromatic N) is 2. The van der Waals surface area contributed by atoms with Gasteiger partial charge in [0.2, 0.25) is 11.8 Å². The Morgan fingerprint density at radius 2 is 1.78 bits per heavy atom. The van der Waals surface area contributed by atoms with Gasteiger partial charge in [-0.25, -0.2) is 0 Å². The first-order chi connectivity index (χ1) is 10.7. The molecule has 132 valence electrons. The van der Waals surface area contributed by atoms with Crippen LogP contribution in [0.5, 0.6) is 0 Å². The molecule has 8 heteroatoms. The van der Waals surface area contributed by atoms with E-state index in [-0.39, 0.29) is 31.3 Å². The maximum Gasteiger partial charge on any atom is 0.393 e. The predicted octanol–water partition coefficient (Wildman–Crippen LogP) is 1.37. The number of carbonyl (C=O) groups excluding carboxylic acids is 2. The number of alkyl halides is 3. The van der Waals surface area contributed by atoms with Crippen LogP contribution in [-0.2, 0) is 9.59 Å². The highest BCUT2D eigenvalue weighted by Crippen LogP contribution is 2.34. The van der Waals surface area contributed by atoms with Gasteiger partial charge in [-0.15, -0.1) is 0 Å². The zero-order valence-corrected chi connectivity index (χ0v) is 13.3. The van der Waals surface area contributed by atoms with Crippen LogP contribution in [0.3, 0.4) is 0 Å². The second-order valence-electron chi connectivity index (χ2n) is 6.58. The van der Waals surface area contributed by atoms with Gasteiger partial charge < -0.3 is 10.6 Å². The molecule has 0 aromatic rings. The lowest BCUT2D eigenvalue weighted by Gasteiger charge is -2.40. The van der Waals surface area contributed by atoms with Gasteiger partial charge in [-0.05, 0) is 39.2 Å². The van der Waals surface area contributed by atoms with Crippen LogP contribution in [0.4, 0.5) is 13.2 Å². The van der Waals surface area contributed by atoms with Gasteiger partial charge in [-0.2, -0.15) is 13.2 Å². The summed E-state index contributed by atoms with van der Waals surface area (Å²) in [5.41, 5.74) is 5.30. The van der Waals surface area contributed by atoms with E-state index in [1.807, 2.05) is 0 Å². The van der Waals surface area contributed by atoms with Crippen molar-refractivity contribution in [3.05, 3.63) is 0 Å². The molecule has 23 heavy (non-hydrogen) atoms. The topological polar surface area (TPSA) is 66.6 Å². The molecular formula is C15H24F3N3O2. The van der Waals surface area contributed by atoms with E-state index in [0.717, 1.165) is 0 Å². The van der Waals surface area contributed by atoms with Gasteiger partial charge in [-0.1, -0.05) is 0 Å². The number of primary amides is 1. The van der Waals surface area contributed by atoms with Crippen molar-refractivity contribution in [3.8, 4) is 0 Å². The van der Waals surface area contributed by atoms with Crippen molar-refractivity contribution >= 4 is 11.8 Å². The number of hydrogen-bond acceptors (Lipinski definition) is 3. The van der Waals surface area contributed by atoms with Crippen LogP contribution in [0, 0.1) is 11.8 Å². The Morgan fingerprint density at radius 3 is 2.39 bits per heavy atom. The number of likely N-dealkylation sites (tertiary alicyclic amines) is 2. The van der Waals surface area contributed by atoms with Gasteiger partial charge in [0.05, 0.1) is 17.9 Å². The van der Waals surface area contributed by atoms with E-state index in [9.17, 15) is 22.8 Å². The second-order valence-corrected chi connectivity index (χ2v) is 6.58. The molecule has 2 aliphatic heterocycles. The molecule has 0 spiro atoms. The molecule has 0 aliphatic carbocycles. The van der Waals surface area contributed by atoms with Crippen molar-refractivity contribution < 1.29 is 22.8 Å². The molecule has 2 heterocycles. The summed E-state index contributed by atoms with van der Waals surface area (Å²) in [4.78, 5) is 27.0. The Balaban J connectivity index is 1.97. The zero-order valence-electron chi connectivity index (χ0n) is 13.3. The smallest absolute Gasteiger partial charge is 0.369 e. The fraction of sp³-hybridized carbons (Fsp3) is 0.867. The fourth-order valence-electron chi connectivity index (χ4n) is 3.46. The average Bonchev–Trinajstić information content (AvgIpc) is 2.53. The summed E-state index contributed by atoms with van der Waals surface area (Å²) in [6.45, 7) is 2.81. The van der Waals surface area contributed by atoms with Crippen LogP contribution in [0.2, 0.25) is 0 Å². The first-order valence-electron chi connectivity index (χ1n) is 8.09. The summed E-state index contributed by atoms with van der Waals surface area (Å²) >= 11 is 0. The van der Waals surface area contributed by atoms with Crippen molar-refractivity contribution in [1.29, 1.82) is 0 Å². The van der Waals surface area contributed by atoms with Gasteiger partial charge in [0.1, 0.15) is 0 Å². The van der Waals surface area contributed by atoms with E-state index < -0.39 is 24.0 Å². The molecule has 0 radical (unpaired) electrons. The summed E-state index contributed by atoms with van der Waals surface area (Å²) < 4.78 is 38.7. The van der Waals surface area contributed by atoms with Gasteiger partial charge in [0, 0.05) is 19.6 Å². The minimum Gasteiger partial charge on any atom is -0.369 e. The number of nitrogens with two attached hydrogens (primary N) is 1. The van der Waals surface area contributed by atoms with Gasteiger partial charge in [-0.3, -0.25) is 14.5 Å². The molecule has 0 aromatic heterocycles. The number of halogens is 3. The Morgan fingerprint density at radius 1 is 1.13 bits per heavy atom. The van der Waals surface area contributed by atoms with Gasteiger partial charge in [0.15, 0.2) is 0 Å². The summed E-state index contributed by atoms with van der Waals surface area (Å²) in [5.74, 6) is -2.36. The number of carbonyl (C=O) groups is 2. The highest BCUT2D eigenvalue weighted by Gasteiger charge is 2.43. The third-order valence-electron chi connectivity index (χ3n) is 4.96. The van der Waals surface area contributed by atoms with E-state index in [1.54, 1.807) is 16.7 Å².